The predicted octanol–water partition coefficient (Wildman–Crippen LogP) is 1.18. The SMILES string of the molecule is CC1(C(O)C(=O)O)C=CCCC1. The van der Waals surface area contributed by atoms with Gasteiger partial charge in [-0.15, -0.1) is 0 Å². The van der Waals surface area contributed by atoms with Gasteiger partial charge < -0.3 is 10.2 Å². The van der Waals surface area contributed by atoms with Crippen LogP contribution in [0.15, 0.2) is 12.2 Å². The number of hydrogen-bond donors (Lipinski definition) is 2. The van der Waals surface area contributed by atoms with Gasteiger partial charge in [0.1, 0.15) is 0 Å². The smallest absolute Gasteiger partial charge is 0.333 e. The van der Waals surface area contributed by atoms with Crippen molar-refractivity contribution in [3.05, 3.63) is 12.2 Å². The summed E-state index contributed by atoms with van der Waals surface area (Å²) < 4.78 is 0. The molecule has 2 atom stereocenters. The zero-order valence-electron chi connectivity index (χ0n) is 7.16. The molecule has 0 fully saturated rings. The number of carboxylic acid groups (broad SMARTS) is 1. The van der Waals surface area contributed by atoms with E-state index in [4.69, 9.17) is 5.11 Å². The fraction of sp³-hybridized carbons (Fsp3) is 0.667. The van der Waals surface area contributed by atoms with Crippen molar-refractivity contribution < 1.29 is 15.0 Å². The van der Waals surface area contributed by atoms with Gasteiger partial charge >= 0.3 is 5.97 Å². The molecule has 1 rings (SSSR count). The Kier molecular flexibility index (Phi) is 2.52. The lowest BCUT2D eigenvalue weighted by Crippen LogP contribution is -2.38. The van der Waals surface area contributed by atoms with Gasteiger partial charge in [0.05, 0.1) is 0 Å². The molecule has 3 heteroatoms. The van der Waals surface area contributed by atoms with Crippen LogP contribution in [0.25, 0.3) is 0 Å². The number of hydrogen-bond acceptors (Lipinski definition) is 2. The molecular formula is C9H14O3. The number of allylic oxidation sites excluding steroid dienone is 1. The van der Waals surface area contributed by atoms with Gasteiger partial charge in [-0.25, -0.2) is 4.79 Å². The van der Waals surface area contributed by atoms with Crippen LogP contribution in [0.2, 0.25) is 0 Å². The molecule has 2 N–H and O–H groups in total. The molecule has 0 bridgehead atoms. The summed E-state index contributed by atoms with van der Waals surface area (Å²) in [5, 5.41) is 18.0. The molecule has 12 heavy (non-hydrogen) atoms. The van der Waals surface area contributed by atoms with Crippen LogP contribution in [0.4, 0.5) is 0 Å². The molecule has 0 amide bonds. The molecule has 0 radical (unpaired) electrons. The van der Waals surface area contributed by atoms with E-state index in [-0.39, 0.29) is 0 Å². The van der Waals surface area contributed by atoms with E-state index >= 15 is 0 Å². The summed E-state index contributed by atoms with van der Waals surface area (Å²) in [6.45, 7) is 1.78. The third-order valence-electron chi connectivity index (χ3n) is 2.44. The largest absolute Gasteiger partial charge is 0.479 e. The second-order valence-electron chi connectivity index (χ2n) is 3.54. The Hall–Kier alpha value is -0.830. The molecule has 0 spiro atoms. The number of aliphatic hydroxyl groups is 1. The fourth-order valence-electron chi connectivity index (χ4n) is 1.55. The van der Waals surface area contributed by atoms with Crippen LogP contribution in [-0.4, -0.2) is 22.3 Å². The van der Waals surface area contributed by atoms with Crippen molar-refractivity contribution in [1.82, 2.24) is 0 Å². The first-order chi connectivity index (χ1) is 5.56. The Labute approximate surface area is 71.7 Å². The normalized spacial score (nSPS) is 31.5. The molecule has 68 valence electrons. The van der Waals surface area contributed by atoms with Gasteiger partial charge in [-0.1, -0.05) is 19.1 Å². The highest BCUT2D eigenvalue weighted by Gasteiger charge is 2.36. The van der Waals surface area contributed by atoms with Gasteiger partial charge in [-0.3, -0.25) is 0 Å². The van der Waals surface area contributed by atoms with Crippen LogP contribution >= 0.6 is 0 Å². The van der Waals surface area contributed by atoms with Crippen molar-refractivity contribution in [3.63, 3.8) is 0 Å². The van der Waals surface area contributed by atoms with Crippen molar-refractivity contribution in [2.45, 2.75) is 32.3 Å². The minimum atomic E-state index is -1.27. The third-order valence-corrected chi connectivity index (χ3v) is 2.44. The lowest BCUT2D eigenvalue weighted by atomic mass is 9.76. The average molecular weight is 170 g/mol. The maximum absolute atomic E-state index is 10.5. The van der Waals surface area contributed by atoms with Crippen molar-refractivity contribution in [1.29, 1.82) is 0 Å². The van der Waals surface area contributed by atoms with Crippen LogP contribution in [0, 0.1) is 5.41 Å². The Morgan fingerprint density at radius 2 is 2.33 bits per heavy atom. The Morgan fingerprint density at radius 3 is 2.75 bits per heavy atom. The maximum Gasteiger partial charge on any atom is 0.333 e. The van der Waals surface area contributed by atoms with E-state index in [1.54, 1.807) is 6.92 Å². The summed E-state index contributed by atoms with van der Waals surface area (Å²) in [4.78, 5) is 10.5. The number of rotatable bonds is 2. The van der Waals surface area contributed by atoms with Crippen molar-refractivity contribution >= 4 is 5.97 Å². The highest BCUT2D eigenvalue weighted by Crippen LogP contribution is 2.33. The van der Waals surface area contributed by atoms with Crippen molar-refractivity contribution in [3.8, 4) is 0 Å². The van der Waals surface area contributed by atoms with Crippen molar-refractivity contribution in [2.24, 2.45) is 5.41 Å². The molecule has 1 aliphatic carbocycles. The van der Waals surface area contributed by atoms with Crippen molar-refractivity contribution in [2.75, 3.05) is 0 Å². The third kappa shape index (κ3) is 1.67. The zero-order chi connectivity index (χ0) is 9.19. The monoisotopic (exact) mass is 170 g/mol. The first-order valence-corrected chi connectivity index (χ1v) is 4.15. The number of carboxylic acids is 1. The quantitative estimate of drug-likeness (QED) is 0.612. The Bertz CT molecular complexity index is 210. The molecule has 0 saturated heterocycles. The van der Waals surface area contributed by atoms with Crippen LogP contribution in [0.3, 0.4) is 0 Å². The highest BCUT2D eigenvalue weighted by molar-refractivity contribution is 5.73. The first kappa shape index (κ1) is 9.26. The second-order valence-corrected chi connectivity index (χ2v) is 3.54. The molecule has 1 aliphatic rings. The van der Waals surface area contributed by atoms with E-state index < -0.39 is 17.5 Å². The van der Waals surface area contributed by atoms with Gasteiger partial charge in [-0.2, -0.15) is 0 Å². The minimum absolute atomic E-state index is 0.565. The fourth-order valence-corrected chi connectivity index (χ4v) is 1.55. The summed E-state index contributed by atoms with van der Waals surface area (Å²) >= 11 is 0. The van der Waals surface area contributed by atoms with E-state index in [0.717, 1.165) is 19.3 Å². The van der Waals surface area contributed by atoms with Crippen LogP contribution in [0.5, 0.6) is 0 Å². The average Bonchev–Trinajstić information content (AvgIpc) is 2.04. The van der Waals surface area contributed by atoms with Crippen LogP contribution in [-0.2, 0) is 4.79 Å². The lowest BCUT2D eigenvalue weighted by Gasteiger charge is -2.31. The molecule has 0 heterocycles. The van der Waals surface area contributed by atoms with E-state index in [9.17, 15) is 9.90 Å². The van der Waals surface area contributed by atoms with Gasteiger partial charge in [-0.05, 0) is 19.3 Å². The van der Waals surface area contributed by atoms with Gasteiger partial charge in [0.2, 0.25) is 0 Å². The highest BCUT2D eigenvalue weighted by atomic mass is 16.4. The van der Waals surface area contributed by atoms with E-state index in [1.165, 1.54) is 0 Å². The van der Waals surface area contributed by atoms with Gasteiger partial charge in [0, 0.05) is 5.41 Å². The maximum atomic E-state index is 10.5. The lowest BCUT2D eigenvalue weighted by molar-refractivity contribution is -0.152. The molecular weight excluding hydrogens is 156 g/mol. The van der Waals surface area contributed by atoms with Crippen LogP contribution < -0.4 is 0 Å². The number of carbonyl (C=O) groups is 1. The van der Waals surface area contributed by atoms with Gasteiger partial charge in [0.15, 0.2) is 6.10 Å². The topological polar surface area (TPSA) is 57.5 Å². The summed E-state index contributed by atoms with van der Waals surface area (Å²) in [6.07, 6.45) is 5.18. The zero-order valence-corrected chi connectivity index (χ0v) is 7.16. The minimum Gasteiger partial charge on any atom is -0.479 e. The number of aliphatic carboxylic acids is 1. The van der Waals surface area contributed by atoms with Crippen LogP contribution in [0.1, 0.15) is 26.2 Å². The molecule has 3 nitrogen and oxygen atoms in total. The number of aliphatic hydroxyl groups excluding tert-OH is 1. The molecule has 0 saturated carbocycles. The molecule has 0 aromatic carbocycles. The van der Waals surface area contributed by atoms with E-state index in [0.29, 0.717) is 0 Å². The second kappa shape index (κ2) is 3.27. The summed E-state index contributed by atoms with van der Waals surface area (Å²) in [7, 11) is 0. The molecule has 0 aromatic rings. The molecule has 0 aliphatic heterocycles. The summed E-state index contributed by atoms with van der Waals surface area (Å²) in [5.41, 5.74) is -0.565. The van der Waals surface area contributed by atoms with E-state index in [2.05, 4.69) is 0 Å². The predicted molar refractivity (Wildman–Crippen MR) is 44.7 cm³/mol. The summed E-state index contributed by atoms with van der Waals surface area (Å²) in [6, 6.07) is 0. The molecule has 0 aromatic heterocycles. The standard InChI is InChI=1S/C9H14O3/c1-9(7(10)8(11)12)5-3-2-4-6-9/h3,5,7,10H,2,4,6H2,1H3,(H,11,12). The first-order valence-electron chi connectivity index (χ1n) is 4.15. The van der Waals surface area contributed by atoms with E-state index in [1.807, 2.05) is 12.2 Å². The Morgan fingerprint density at radius 1 is 1.67 bits per heavy atom. The van der Waals surface area contributed by atoms with Gasteiger partial charge in [0.25, 0.3) is 0 Å². The Balaban J connectivity index is 2.75. The summed E-state index contributed by atoms with van der Waals surface area (Å²) in [5.74, 6) is -1.14. The molecule has 2 unspecified atom stereocenters.